The number of hydrogen-bond acceptors (Lipinski definition) is 5. The monoisotopic (exact) mass is 581 g/mol. The highest BCUT2D eigenvalue weighted by Crippen LogP contribution is 2.55. The van der Waals surface area contributed by atoms with Crippen molar-refractivity contribution in [1.29, 1.82) is 0 Å². The second kappa shape index (κ2) is 12.2. The minimum atomic E-state index is -0.428. The average Bonchev–Trinajstić information content (AvgIpc) is 2.94. The Balaban J connectivity index is 1.74. The van der Waals surface area contributed by atoms with E-state index in [0.29, 0.717) is 37.4 Å². The van der Waals surface area contributed by atoms with Crippen LogP contribution >= 0.6 is 0 Å². The van der Waals surface area contributed by atoms with Crippen LogP contribution in [0.1, 0.15) is 89.3 Å². The van der Waals surface area contributed by atoms with Gasteiger partial charge in [-0.15, -0.1) is 6.58 Å². The van der Waals surface area contributed by atoms with E-state index in [2.05, 4.69) is 76.4 Å². The molecule has 0 fully saturated rings. The van der Waals surface area contributed by atoms with Crippen molar-refractivity contribution in [3.63, 3.8) is 0 Å². The Bertz CT molecular complexity index is 1420. The van der Waals surface area contributed by atoms with Crippen molar-refractivity contribution in [1.82, 2.24) is 4.90 Å². The lowest BCUT2D eigenvalue weighted by Crippen LogP contribution is -2.45. The zero-order chi connectivity index (χ0) is 30.9. The van der Waals surface area contributed by atoms with Crippen molar-refractivity contribution in [3.05, 3.63) is 94.4 Å². The second-order valence-corrected chi connectivity index (χ2v) is 14.0. The predicted molar refractivity (Wildman–Crippen MR) is 172 cm³/mol. The van der Waals surface area contributed by atoms with Gasteiger partial charge < -0.3 is 14.4 Å². The van der Waals surface area contributed by atoms with Crippen LogP contribution in [0.15, 0.2) is 77.7 Å². The smallest absolute Gasteiger partial charge is 0.164 e. The Morgan fingerprint density at radius 3 is 2.07 bits per heavy atom. The molecule has 3 aliphatic rings. The van der Waals surface area contributed by atoms with E-state index in [-0.39, 0.29) is 22.4 Å². The lowest BCUT2D eigenvalue weighted by atomic mass is 9.63. The fourth-order valence-electron chi connectivity index (χ4n) is 7.21. The number of Topliss-reactive ketones (excluding diaryl/α,β-unsaturated/α-hetero) is 2. The van der Waals surface area contributed by atoms with E-state index < -0.39 is 5.92 Å². The molecular weight excluding hydrogens is 534 g/mol. The average molecular weight is 582 g/mol. The molecular formula is C38H47NO4. The first kappa shape index (κ1) is 30.8. The first-order valence-electron chi connectivity index (χ1n) is 15.8. The minimum absolute atomic E-state index is 0.140. The van der Waals surface area contributed by atoms with E-state index in [1.807, 2.05) is 18.2 Å². The number of carbonyl (C=O) groups excluding carboxylic acids is 2. The van der Waals surface area contributed by atoms with Crippen LogP contribution < -0.4 is 9.47 Å². The Kier molecular flexibility index (Phi) is 8.74. The summed E-state index contributed by atoms with van der Waals surface area (Å²) < 4.78 is 12.1. The number of carbonyl (C=O) groups is 2. The van der Waals surface area contributed by atoms with E-state index in [0.717, 1.165) is 65.9 Å². The lowest BCUT2D eigenvalue weighted by molar-refractivity contribution is -0.119. The van der Waals surface area contributed by atoms with Crippen LogP contribution in [0.25, 0.3) is 0 Å². The molecule has 5 rings (SSSR count). The van der Waals surface area contributed by atoms with E-state index in [4.69, 9.17) is 9.47 Å². The van der Waals surface area contributed by atoms with Gasteiger partial charge in [0.05, 0.1) is 13.7 Å². The van der Waals surface area contributed by atoms with Gasteiger partial charge in [-0.1, -0.05) is 77.1 Å². The van der Waals surface area contributed by atoms with Crippen molar-refractivity contribution in [3.8, 4) is 11.5 Å². The molecule has 5 heteroatoms. The maximum Gasteiger partial charge on any atom is 0.164 e. The third-order valence-corrected chi connectivity index (χ3v) is 9.01. The highest BCUT2D eigenvalue weighted by molar-refractivity contribution is 6.06. The van der Waals surface area contributed by atoms with Crippen molar-refractivity contribution in [2.24, 2.45) is 10.8 Å². The molecule has 0 bridgehead atoms. The van der Waals surface area contributed by atoms with Crippen LogP contribution in [0, 0.1) is 10.8 Å². The van der Waals surface area contributed by atoms with Crippen molar-refractivity contribution >= 4 is 11.6 Å². The fraction of sp³-hybridized carbons (Fsp3) is 0.474. The van der Waals surface area contributed by atoms with Gasteiger partial charge in [0.1, 0.15) is 0 Å². The standard InChI is InChI=1S/C38H47NO4/c1-8-13-26-19-27(20-32(42-7)36(26)43-18-9-2)33-34-28(21-37(3,4)23-30(34)40)39(17-16-25-14-11-10-12-15-25)29-22-38(5,6)24-31(41)35(29)33/h8,10-12,14-15,19-20,33H,1,9,13,16-18,21-24H2,2-7H3. The molecule has 0 N–H and O–H groups in total. The summed E-state index contributed by atoms with van der Waals surface area (Å²) in [5.74, 6) is 1.19. The molecule has 2 aliphatic carbocycles. The number of benzene rings is 2. The van der Waals surface area contributed by atoms with Gasteiger partial charge in [0.25, 0.3) is 0 Å². The summed E-state index contributed by atoms with van der Waals surface area (Å²) >= 11 is 0. The van der Waals surface area contributed by atoms with Gasteiger partial charge >= 0.3 is 0 Å². The number of methoxy groups -OCH3 is 1. The van der Waals surface area contributed by atoms with Gasteiger partial charge in [0, 0.05) is 53.4 Å². The zero-order valence-electron chi connectivity index (χ0n) is 26.8. The Morgan fingerprint density at radius 1 is 0.930 bits per heavy atom. The molecule has 0 amide bonds. The number of allylic oxidation sites excluding steroid dienone is 5. The Labute approximate surface area is 257 Å². The van der Waals surface area contributed by atoms with E-state index >= 15 is 0 Å². The molecule has 1 aliphatic heterocycles. The third-order valence-electron chi connectivity index (χ3n) is 9.01. The third kappa shape index (κ3) is 6.23. The molecule has 228 valence electrons. The fourth-order valence-corrected chi connectivity index (χ4v) is 7.21. The molecule has 0 radical (unpaired) electrons. The quantitative estimate of drug-likeness (QED) is 0.265. The highest BCUT2D eigenvalue weighted by atomic mass is 16.5. The molecule has 1 heterocycles. The molecule has 0 aromatic heterocycles. The first-order valence-corrected chi connectivity index (χ1v) is 15.8. The number of ketones is 2. The molecule has 2 aromatic carbocycles. The summed E-state index contributed by atoms with van der Waals surface area (Å²) in [5, 5.41) is 0. The molecule has 0 saturated heterocycles. The van der Waals surface area contributed by atoms with Gasteiger partial charge in [-0.05, 0) is 60.1 Å². The lowest BCUT2D eigenvalue weighted by Gasteiger charge is -2.49. The van der Waals surface area contributed by atoms with Crippen LogP contribution in [-0.2, 0) is 22.4 Å². The van der Waals surface area contributed by atoms with E-state index in [1.165, 1.54) is 5.56 Å². The number of nitrogens with zero attached hydrogens (tertiary/aromatic N) is 1. The van der Waals surface area contributed by atoms with Crippen LogP contribution in [0.4, 0.5) is 0 Å². The number of hydrogen-bond donors (Lipinski definition) is 0. The van der Waals surface area contributed by atoms with Crippen molar-refractivity contribution < 1.29 is 19.1 Å². The second-order valence-electron chi connectivity index (χ2n) is 14.0. The van der Waals surface area contributed by atoms with Crippen LogP contribution in [0.3, 0.4) is 0 Å². The summed E-state index contributed by atoms with van der Waals surface area (Å²) in [4.78, 5) is 30.8. The number of ether oxygens (including phenoxy) is 2. The molecule has 43 heavy (non-hydrogen) atoms. The highest BCUT2D eigenvalue weighted by Gasteiger charge is 2.49. The largest absolute Gasteiger partial charge is 0.493 e. The van der Waals surface area contributed by atoms with E-state index in [1.54, 1.807) is 7.11 Å². The summed E-state index contributed by atoms with van der Waals surface area (Å²) in [6.07, 6.45) is 6.68. The van der Waals surface area contributed by atoms with Gasteiger partial charge in [0.15, 0.2) is 23.1 Å². The maximum atomic E-state index is 14.2. The zero-order valence-corrected chi connectivity index (χ0v) is 26.8. The van der Waals surface area contributed by atoms with Gasteiger partial charge in [-0.2, -0.15) is 0 Å². The molecule has 0 saturated carbocycles. The van der Waals surface area contributed by atoms with E-state index in [9.17, 15) is 9.59 Å². The predicted octanol–water partition coefficient (Wildman–Crippen LogP) is 8.14. The Hall–Kier alpha value is -3.60. The Morgan fingerprint density at radius 2 is 1.53 bits per heavy atom. The molecule has 2 aromatic rings. The minimum Gasteiger partial charge on any atom is -0.493 e. The van der Waals surface area contributed by atoms with Crippen LogP contribution in [-0.4, -0.2) is 36.7 Å². The summed E-state index contributed by atoms with van der Waals surface area (Å²) in [5.41, 5.74) is 6.54. The van der Waals surface area contributed by atoms with Crippen molar-refractivity contribution in [2.75, 3.05) is 20.3 Å². The van der Waals surface area contributed by atoms with Crippen molar-refractivity contribution in [2.45, 2.75) is 85.5 Å². The normalized spacial score (nSPS) is 19.7. The van der Waals surface area contributed by atoms with Gasteiger partial charge in [0.2, 0.25) is 0 Å². The molecule has 0 atom stereocenters. The van der Waals surface area contributed by atoms with Crippen LogP contribution in [0.2, 0.25) is 0 Å². The summed E-state index contributed by atoms with van der Waals surface area (Å²) in [7, 11) is 1.65. The van der Waals surface area contributed by atoms with Gasteiger partial charge in [-0.3, -0.25) is 9.59 Å². The summed E-state index contributed by atoms with van der Waals surface area (Å²) in [6, 6.07) is 14.6. The molecule has 0 spiro atoms. The van der Waals surface area contributed by atoms with Crippen LogP contribution in [0.5, 0.6) is 11.5 Å². The molecule has 5 nitrogen and oxygen atoms in total. The topological polar surface area (TPSA) is 55.8 Å². The number of rotatable bonds is 10. The van der Waals surface area contributed by atoms with Gasteiger partial charge in [-0.25, -0.2) is 0 Å². The summed E-state index contributed by atoms with van der Waals surface area (Å²) in [6.45, 7) is 16.1. The maximum absolute atomic E-state index is 14.2. The molecule has 0 unspecified atom stereocenters. The first-order chi connectivity index (χ1) is 20.5. The SMILES string of the molecule is C=CCc1cc(C2C3=C(CC(C)(C)CC3=O)N(CCc3ccccc3)C3=C2C(=O)CC(C)(C)C3)cc(OC)c1OCCC.